The van der Waals surface area contributed by atoms with Gasteiger partial charge in [-0.3, -0.25) is 0 Å². The minimum Gasteiger partial charge on any atom is -0.504 e. The monoisotopic (exact) mass is 234 g/mol. The van der Waals surface area contributed by atoms with Crippen LogP contribution in [-0.4, -0.2) is 10.7 Å². The number of hydrogen-bond acceptors (Lipinski definition) is 2. The first-order chi connectivity index (χ1) is 8.26. The highest BCUT2D eigenvalue weighted by Gasteiger charge is 2.33. The molecule has 2 heteroatoms. The first-order valence-corrected chi connectivity index (χ1v) is 6.73. The standard InChI is InChI=1S/C15H22O2/c1-2-10-15(11-6-3-7-12-15)17-14-9-5-4-8-13(14)16/h4-5,8-9,16H,2-3,6-7,10-12H2,1H3. The van der Waals surface area contributed by atoms with Gasteiger partial charge in [-0.25, -0.2) is 0 Å². The van der Waals surface area contributed by atoms with Crippen LogP contribution in [0.25, 0.3) is 0 Å². The Hall–Kier alpha value is -1.18. The Morgan fingerprint density at radius 1 is 1.18 bits per heavy atom. The summed E-state index contributed by atoms with van der Waals surface area (Å²) in [6.45, 7) is 2.20. The van der Waals surface area contributed by atoms with E-state index in [9.17, 15) is 5.11 Å². The number of benzene rings is 1. The van der Waals surface area contributed by atoms with Crippen molar-refractivity contribution in [2.75, 3.05) is 0 Å². The minimum atomic E-state index is -0.0359. The Balaban J connectivity index is 2.14. The largest absolute Gasteiger partial charge is 0.504 e. The van der Waals surface area contributed by atoms with Crippen molar-refractivity contribution in [2.45, 2.75) is 57.5 Å². The lowest BCUT2D eigenvalue weighted by molar-refractivity contribution is 0.0191. The van der Waals surface area contributed by atoms with E-state index in [4.69, 9.17) is 4.74 Å². The van der Waals surface area contributed by atoms with E-state index in [1.807, 2.05) is 18.2 Å². The van der Waals surface area contributed by atoms with Crippen LogP contribution in [-0.2, 0) is 0 Å². The number of phenolic OH excluding ortho intramolecular Hbond substituents is 1. The van der Waals surface area contributed by atoms with Gasteiger partial charge in [0, 0.05) is 0 Å². The molecule has 94 valence electrons. The molecule has 0 heterocycles. The molecule has 0 aliphatic heterocycles. The molecule has 1 aliphatic carbocycles. The molecule has 0 unspecified atom stereocenters. The summed E-state index contributed by atoms with van der Waals surface area (Å²) in [5.41, 5.74) is -0.0359. The second-order valence-electron chi connectivity index (χ2n) is 5.06. The Morgan fingerprint density at radius 2 is 1.88 bits per heavy atom. The van der Waals surface area contributed by atoms with Crippen molar-refractivity contribution in [3.63, 3.8) is 0 Å². The van der Waals surface area contributed by atoms with Gasteiger partial charge in [0.05, 0.1) is 0 Å². The van der Waals surface area contributed by atoms with E-state index in [1.54, 1.807) is 6.07 Å². The molecule has 0 saturated heterocycles. The number of hydrogen-bond donors (Lipinski definition) is 1. The summed E-state index contributed by atoms with van der Waals surface area (Å²) in [6, 6.07) is 7.30. The first-order valence-electron chi connectivity index (χ1n) is 6.73. The van der Waals surface area contributed by atoms with Gasteiger partial charge in [0.2, 0.25) is 0 Å². The summed E-state index contributed by atoms with van der Waals surface area (Å²) in [7, 11) is 0. The van der Waals surface area contributed by atoms with Crippen LogP contribution in [0.5, 0.6) is 11.5 Å². The van der Waals surface area contributed by atoms with Crippen LogP contribution >= 0.6 is 0 Å². The van der Waals surface area contributed by atoms with Crippen LogP contribution in [0.3, 0.4) is 0 Å². The van der Waals surface area contributed by atoms with E-state index in [0.717, 1.165) is 25.7 Å². The van der Waals surface area contributed by atoms with E-state index in [0.29, 0.717) is 5.75 Å². The molecule has 1 aromatic carbocycles. The topological polar surface area (TPSA) is 29.5 Å². The molecule has 2 nitrogen and oxygen atoms in total. The van der Waals surface area contributed by atoms with Gasteiger partial charge in [0.25, 0.3) is 0 Å². The molecular formula is C15H22O2. The molecule has 0 aromatic heterocycles. The fourth-order valence-corrected chi connectivity index (χ4v) is 2.83. The lowest BCUT2D eigenvalue weighted by atomic mass is 9.81. The van der Waals surface area contributed by atoms with Crippen molar-refractivity contribution in [1.29, 1.82) is 0 Å². The predicted octanol–water partition coefficient (Wildman–Crippen LogP) is 4.27. The third-order valence-corrected chi connectivity index (χ3v) is 3.66. The molecule has 1 aromatic rings. The molecule has 1 N–H and O–H groups in total. The molecule has 0 atom stereocenters. The zero-order valence-electron chi connectivity index (χ0n) is 10.6. The number of ether oxygens (including phenoxy) is 1. The van der Waals surface area contributed by atoms with Gasteiger partial charge in [-0.2, -0.15) is 0 Å². The Bertz CT molecular complexity index is 348. The molecule has 1 fully saturated rings. The zero-order chi connectivity index (χ0) is 12.1. The van der Waals surface area contributed by atoms with Gasteiger partial charge in [-0.15, -0.1) is 0 Å². The van der Waals surface area contributed by atoms with Gasteiger partial charge in [-0.1, -0.05) is 31.9 Å². The zero-order valence-corrected chi connectivity index (χ0v) is 10.6. The fourth-order valence-electron chi connectivity index (χ4n) is 2.83. The van der Waals surface area contributed by atoms with E-state index >= 15 is 0 Å². The van der Waals surface area contributed by atoms with E-state index in [1.165, 1.54) is 19.3 Å². The van der Waals surface area contributed by atoms with Crippen LogP contribution in [0.1, 0.15) is 51.9 Å². The summed E-state index contributed by atoms with van der Waals surface area (Å²) in [6.07, 6.45) is 8.26. The number of aromatic hydroxyl groups is 1. The molecule has 1 saturated carbocycles. The van der Waals surface area contributed by atoms with Crippen molar-refractivity contribution in [3.05, 3.63) is 24.3 Å². The SMILES string of the molecule is CCCC1(Oc2ccccc2O)CCCCC1. The van der Waals surface area contributed by atoms with Crippen molar-refractivity contribution < 1.29 is 9.84 Å². The smallest absolute Gasteiger partial charge is 0.161 e. The van der Waals surface area contributed by atoms with Crippen LogP contribution in [0.15, 0.2) is 24.3 Å². The average Bonchev–Trinajstić information content (AvgIpc) is 2.34. The second kappa shape index (κ2) is 5.44. The summed E-state index contributed by atoms with van der Waals surface area (Å²) in [4.78, 5) is 0. The predicted molar refractivity (Wildman–Crippen MR) is 69.5 cm³/mol. The van der Waals surface area contributed by atoms with Crippen LogP contribution in [0.4, 0.5) is 0 Å². The Morgan fingerprint density at radius 3 is 2.53 bits per heavy atom. The molecule has 2 rings (SSSR count). The van der Waals surface area contributed by atoms with Crippen molar-refractivity contribution in [1.82, 2.24) is 0 Å². The number of para-hydroxylation sites is 2. The van der Waals surface area contributed by atoms with Crippen molar-refractivity contribution in [3.8, 4) is 11.5 Å². The third kappa shape index (κ3) is 2.93. The summed E-state index contributed by atoms with van der Waals surface area (Å²) < 4.78 is 6.16. The molecule has 1 aliphatic rings. The molecule has 0 bridgehead atoms. The van der Waals surface area contributed by atoms with Gasteiger partial charge in [0.15, 0.2) is 11.5 Å². The van der Waals surface area contributed by atoms with Crippen molar-refractivity contribution in [2.24, 2.45) is 0 Å². The maximum absolute atomic E-state index is 9.80. The molecule has 0 radical (unpaired) electrons. The third-order valence-electron chi connectivity index (χ3n) is 3.66. The second-order valence-corrected chi connectivity index (χ2v) is 5.06. The van der Waals surface area contributed by atoms with E-state index < -0.39 is 0 Å². The molecule has 0 amide bonds. The van der Waals surface area contributed by atoms with Gasteiger partial charge in [0.1, 0.15) is 5.60 Å². The van der Waals surface area contributed by atoms with Gasteiger partial charge >= 0.3 is 0 Å². The Kier molecular flexibility index (Phi) is 3.93. The fraction of sp³-hybridized carbons (Fsp3) is 0.600. The maximum Gasteiger partial charge on any atom is 0.161 e. The highest BCUT2D eigenvalue weighted by atomic mass is 16.5. The lowest BCUT2D eigenvalue weighted by Gasteiger charge is -2.37. The van der Waals surface area contributed by atoms with E-state index in [-0.39, 0.29) is 11.4 Å². The van der Waals surface area contributed by atoms with Gasteiger partial charge in [-0.05, 0) is 44.2 Å². The quantitative estimate of drug-likeness (QED) is 0.842. The summed E-state index contributed by atoms with van der Waals surface area (Å²) >= 11 is 0. The summed E-state index contributed by atoms with van der Waals surface area (Å²) in [5.74, 6) is 0.899. The number of rotatable bonds is 4. The van der Waals surface area contributed by atoms with Crippen molar-refractivity contribution >= 4 is 0 Å². The first kappa shape index (κ1) is 12.3. The highest BCUT2D eigenvalue weighted by molar-refractivity contribution is 5.38. The normalized spacial score (nSPS) is 18.9. The van der Waals surface area contributed by atoms with Crippen LogP contribution in [0, 0.1) is 0 Å². The van der Waals surface area contributed by atoms with Crippen LogP contribution < -0.4 is 4.74 Å². The lowest BCUT2D eigenvalue weighted by Crippen LogP contribution is -2.38. The summed E-state index contributed by atoms with van der Waals surface area (Å²) in [5, 5.41) is 9.80. The van der Waals surface area contributed by atoms with Crippen LogP contribution in [0.2, 0.25) is 0 Å². The maximum atomic E-state index is 9.80. The average molecular weight is 234 g/mol. The highest BCUT2D eigenvalue weighted by Crippen LogP contribution is 2.39. The minimum absolute atomic E-state index is 0.0359. The Labute approximate surface area is 104 Å². The molecular weight excluding hydrogens is 212 g/mol. The molecule has 17 heavy (non-hydrogen) atoms. The van der Waals surface area contributed by atoms with Gasteiger partial charge < -0.3 is 9.84 Å². The number of phenols is 1. The molecule has 0 spiro atoms. The van der Waals surface area contributed by atoms with E-state index in [2.05, 4.69) is 6.92 Å².